The Morgan fingerprint density at radius 2 is 1.33 bits per heavy atom. The summed E-state index contributed by atoms with van der Waals surface area (Å²) in [6.45, 7) is 11.3. The molecule has 0 saturated heterocycles. The highest BCUT2D eigenvalue weighted by Crippen LogP contribution is 2.36. The third-order valence-corrected chi connectivity index (χ3v) is 8.82. The zero-order valence-corrected chi connectivity index (χ0v) is 27.7. The quantitative estimate of drug-likeness (QED) is 0.0805. The van der Waals surface area contributed by atoms with E-state index >= 15 is 0 Å². The number of aromatic nitrogens is 4. The van der Waals surface area contributed by atoms with E-state index in [1.54, 1.807) is 6.92 Å². The zero-order chi connectivity index (χ0) is 33.3. The number of aryl methyl sites for hydroxylation is 3. The van der Waals surface area contributed by atoms with Crippen LogP contribution in [0.5, 0.6) is 0 Å². The maximum absolute atomic E-state index is 12.9. The molecule has 5 rings (SSSR count). The van der Waals surface area contributed by atoms with Crippen LogP contribution >= 0.6 is 0 Å². The van der Waals surface area contributed by atoms with E-state index in [9.17, 15) is 14.4 Å². The normalized spacial score (nSPS) is 13.0. The summed E-state index contributed by atoms with van der Waals surface area (Å²) in [6, 6.07) is 7.71. The number of nitrogens with one attached hydrogen (secondary N) is 2. The minimum Gasteiger partial charge on any atom is -0.469 e. The third kappa shape index (κ3) is 6.23. The van der Waals surface area contributed by atoms with Gasteiger partial charge in [-0.3, -0.25) is 14.4 Å². The number of aromatic amines is 2. The molecular formula is C36H40N4O6. The van der Waals surface area contributed by atoms with E-state index in [4.69, 9.17) is 24.5 Å². The van der Waals surface area contributed by atoms with Gasteiger partial charge < -0.3 is 14.7 Å². The Labute approximate surface area is 267 Å². The van der Waals surface area contributed by atoms with Crippen LogP contribution in [0.4, 0.5) is 0 Å². The van der Waals surface area contributed by atoms with Gasteiger partial charge in [0.15, 0.2) is 11.6 Å². The van der Waals surface area contributed by atoms with Crippen LogP contribution in [-0.4, -0.2) is 58.3 Å². The maximum atomic E-state index is 12.9. The van der Waals surface area contributed by atoms with Crippen LogP contribution in [0.25, 0.3) is 44.4 Å². The summed E-state index contributed by atoms with van der Waals surface area (Å²) in [5, 5.41) is 0. The number of fused-ring (bicyclic) bond motifs is 8. The third-order valence-electron chi connectivity index (χ3n) is 8.82. The molecule has 8 bridgehead atoms. The van der Waals surface area contributed by atoms with Crippen molar-refractivity contribution in [2.24, 2.45) is 0 Å². The molecule has 0 spiro atoms. The van der Waals surface area contributed by atoms with Crippen LogP contribution in [0, 0.1) is 13.8 Å². The molecule has 46 heavy (non-hydrogen) atoms. The van der Waals surface area contributed by atoms with E-state index < -0.39 is 0 Å². The van der Waals surface area contributed by atoms with Crippen LogP contribution in [0.2, 0.25) is 0 Å². The average Bonchev–Trinajstić information content (AvgIpc) is 3.67. The number of allylic oxidation sites excluding steroid dienone is 4. The van der Waals surface area contributed by atoms with Crippen molar-refractivity contribution in [3.05, 3.63) is 69.3 Å². The van der Waals surface area contributed by atoms with Crippen molar-refractivity contribution < 1.29 is 28.9 Å². The fourth-order valence-electron chi connectivity index (χ4n) is 6.36. The lowest BCUT2D eigenvalue weighted by Crippen LogP contribution is -2.02. The van der Waals surface area contributed by atoms with Crippen LogP contribution in [0.3, 0.4) is 0 Å². The van der Waals surface area contributed by atoms with Gasteiger partial charge in [0.1, 0.15) is 0 Å². The molecule has 10 nitrogen and oxygen atoms in total. The van der Waals surface area contributed by atoms with Gasteiger partial charge in [-0.15, -0.1) is 0 Å². The number of ketones is 2. The second-order valence-electron chi connectivity index (χ2n) is 11.7. The number of esters is 1. The van der Waals surface area contributed by atoms with E-state index in [0.29, 0.717) is 53.9 Å². The summed E-state index contributed by atoms with van der Waals surface area (Å²) >= 11 is 0. The lowest BCUT2D eigenvalue weighted by molar-refractivity contribution is -0.272. The zero-order valence-electron chi connectivity index (χ0n) is 27.7. The molecule has 10 heteroatoms. The van der Waals surface area contributed by atoms with E-state index in [2.05, 4.69) is 9.97 Å². The van der Waals surface area contributed by atoms with E-state index in [0.717, 1.165) is 61.3 Å². The first kappa shape index (κ1) is 32.7. The molecule has 0 amide bonds. The molecule has 0 aliphatic carbocycles. The molecule has 0 atom stereocenters. The van der Waals surface area contributed by atoms with Gasteiger partial charge in [0.25, 0.3) is 0 Å². The maximum Gasteiger partial charge on any atom is 0.305 e. The Hall–Kier alpha value is -4.67. The topological polar surface area (TPSA) is 136 Å². The van der Waals surface area contributed by atoms with Gasteiger partial charge in [-0.05, 0) is 118 Å². The number of rotatable bonds is 10. The van der Waals surface area contributed by atoms with Crippen molar-refractivity contribution in [3.8, 4) is 0 Å². The van der Waals surface area contributed by atoms with Gasteiger partial charge in [0.05, 0.1) is 49.1 Å². The first-order valence-electron chi connectivity index (χ1n) is 15.4. The number of hydrogen-bond acceptors (Lipinski definition) is 8. The summed E-state index contributed by atoms with van der Waals surface area (Å²) < 4.78 is 4.94. The lowest BCUT2D eigenvalue weighted by atomic mass is 10.00. The first-order valence-corrected chi connectivity index (χ1v) is 15.4. The summed E-state index contributed by atoms with van der Waals surface area (Å²) in [6.07, 6.45) is 2.07. The smallest absolute Gasteiger partial charge is 0.305 e. The molecule has 3 aromatic rings. The standard InChI is InChI=1S/C36H40N4O6/c1-18-24(10-9-13-46-45-8)30-17-31-25(11-12-34(43)44-7)19(2)27(38-31)15-32-36(23(6)42)21(4)29(40-32)16-33-35(22(5)41)20(3)28(39-33)14-26(18)37-30/h14-17,38-39H,9-13H2,1-8H3. The van der Waals surface area contributed by atoms with Crippen molar-refractivity contribution in [2.45, 2.75) is 67.2 Å². The number of carbonyl (C=O) groups excluding carboxylic acids is 3. The minimum absolute atomic E-state index is 0.0749. The van der Waals surface area contributed by atoms with Crippen LogP contribution < -0.4 is 0 Å². The molecule has 2 aliphatic rings. The van der Waals surface area contributed by atoms with Crippen molar-refractivity contribution >= 4 is 61.9 Å². The lowest BCUT2D eigenvalue weighted by Gasteiger charge is -2.05. The fraction of sp³-hybridized carbons (Fsp3) is 0.361. The van der Waals surface area contributed by atoms with Crippen LogP contribution in [-0.2, 0) is 30.5 Å². The molecule has 240 valence electrons. The summed E-state index contributed by atoms with van der Waals surface area (Å²) in [5.41, 5.74) is 12.3. The molecule has 3 aromatic heterocycles. The average molecular weight is 625 g/mol. The molecule has 2 aliphatic heterocycles. The molecule has 2 N–H and O–H groups in total. The number of ether oxygens (including phenoxy) is 1. The Kier molecular flexibility index (Phi) is 9.50. The number of nitrogens with zero attached hydrogens (tertiary/aromatic N) is 2. The van der Waals surface area contributed by atoms with Crippen molar-refractivity contribution in [1.29, 1.82) is 0 Å². The SMILES string of the molecule is COOCCCC1=C(C)c2cc3[nH]c(cc4nc(cc5[nH]c(cc1n2)c(CCC(=O)OC)c5C)C(C(C)=O)=C4C)c(C(C)=O)c3C. The van der Waals surface area contributed by atoms with Gasteiger partial charge in [0.2, 0.25) is 0 Å². The predicted octanol–water partition coefficient (Wildman–Crippen LogP) is 7.05. The number of Topliss-reactive ketones (excluding diaryl/α,β-unsaturated/α-hetero) is 2. The molecule has 0 aromatic carbocycles. The first-order chi connectivity index (χ1) is 21.9. The molecular weight excluding hydrogens is 584 g/mol. The molecule has 0 fully saturated rings. The predicted molar refractivity (Wildman–Crippen MR) is 179 cm³/mol. The molecule has 5 heterocycles. The highest BCUT2D eigenvalue weighted by atomic mass is 17.2. The summed E-state index contributed by atoms with van der Waals surface area (Å²) in [7, 11) is 2.87. The fourth-order valence-corrected chi connectivity index (χ4v) is 6.36. The number of hydrogen-bond donors (Lipinski definition) is 2. The summed E-state index contributed by atoms with van der Waals surface area (Å²) in [4.78, 5) is 64.9. The van der Waals surface area contributed by atoms with Gasteiger partial charge >= 0.3 is 5.97 Å². The Morgan fingerprint density at radius 3 is 2.00 bits per heavy atom. The van der Waals surface area contributed by atoms with E-state index in [1.165, 1.54) is 21.1 Å². The summed E-state index contributed by atoms with van der Waals surface area (Å²) in [5.74, 6) is -0.481. The highest BCUT2D eigenvalue weighted by Gasteiger charge is 2.23. The number of methoxy groups -OCH3 is 1. The van der Waals surface area contributed by atoms with Crippen molar-refractivity contribution in [2.75, 3.05) is 20.8 Å². The van der Waals surface area contributed by atoms with Gasteiger partial charge in [-0.1, -0.05) is 0 Å². The minimum atomic E-state index is -0.300. The van der Waals surface area contributed by atoms with E-state index in [1.807, 2.05) is 52.0 Å². The highest BCUT2D eigenvalue weighted by molar-refractivity contribution is 6.27. The van der Waals surface area contributed by atoms with Gasteiger partial charge in [-0.2, -0.15) is 0 Å². The largest absolute Gasteiger partial charge is 0.469 e. The van der Waals surface area contributed by atoms with Gasteiger partial charge in [-0.25, -0.2) is 19.7 Å². The van der Waals surface area contributed by atoms with Crippen LogP contribution in [0.15, 0.2) is 24.3 Å². The van der Waals surface area contributed by atoms with Crippen molar-refractivity contribution in [1.82, 2.24) is 19.9 Å². The monoisotopic (exact) mass is 624 g/mol. The van der Waals surface area contributed by atoms with Crippen molar-refractivity contribution in [3.63, 3.8) is 0 Å². The second-order valence-corrected chi connectivity index (χ2v) is 11.7. The van der Waals surface area contributed by atoms with Crippen LogP contribution in [0.1, 0.15) is 96.8 Å². The second kappa shape index (κ2) is 13.4. The number of H-pyrrole nitrogens is 2. The molecule has 0 radical (unpaired) electrons. The number of carbonyl (C=O) groups is 3. The Bertz CT molecular complexity index is 1990. The Balaban J connectivity index is 1.90. The molecule has 0 unspecified atom stereocenters. The van der Waals surface area contributed by atoms with E-state index in [-0.39, 0.29) is 24.0 Å². The Morgan fingerprint density at radius 1 is 0.717 bits per heavy atom. The molecule has 0 saturated carbocycles. The van der Waals surface area contributed by atoms with Gasteiger partial charge in [0, 0.05) is 34.1 Å².